The van der Waals surface area contributed by atoms with Gasteiger partial charge >= 0.3 is 0 Å². The summed E-state index contributed by atoms with van der Waals surface area (Å²) >= 11 is 5.85. The summed E-state index contributed by atoms with van der Waals surface area (Å²) in [5.74, 6) is -0.169. The third kappa shape index (κ3) is 2.89. The molecule has 2 amide bonds. The van der Waals surface area contributed by atoms with E-state index in [9.17, 15) is 9.59 Å². The van der Waals surface area contributed by atoms with Crippen LogP contribution < -0.4 is 5.32 Å². The first kappa shape index (κ1) is 13.9. The normalized spacial score (nSPS) is 19.4. The number of amides is 2. The van der Waals surface area contributed by atoms with Crippen LogP contribution in [0.4, 0.5) is 0 Å². The molecule has 0 radical (unpaired) electrons. The molecule has 19 heavy (non-hydrogen) atoms. The van der Waals surface area contributed by atoms with Crippen molar-refractivity contribution in [3.8, 4) is 0 Å². The molecule has 1 atom stereocenters. The summed E-state index contributed by atoms with van der Waals surface area (Å²) in [6.07, 6.45) is 0.761. The zero-order valence-electron chi connectivity index (χ0n) is 10.9. The Hall–Kier alpha value is -1.56. The molecule has 1 aromatic heterocycles. The van der Waals surface area contributed by atoms with Gasteiger partial charge in [-0.3, -0.25) is 9.59 Å². The van der Waals surface area contributed by atoms with Gasteiger partial charge in [0, 0.05) is 25.1 Å². The van der Waals surface area contributed by atoms with Gasteiger partial charge < -0.3 is 14.7 Å². The van der Waals surface area contributed by atoms with Crippen molar-refractivity contribution in [1.82, 2.24) is 15.4 Å². The van der Waals surface area contributed by atoms with Crippen LogP contribution in [0.5, 0.6) is 0 Å². The fourth-order valence-corrected chi connectivity index (χ4v) is 2.40. The summed E-state index contributed by atoms with van der Waals surface area (Å²) in [7, 11) is 0. The van der Waals surface area contributed by atoms with E-state index in [0.717, 1.165) is 5.56 Å². The molecule has 1 saturated heterocycles. The van der Waals surface area contributed by atoms with Gasteiger partial charge in [0.05, 0.1) is 5.69 Å². The zero-order valence-corrected chi connectivity index (χ0v) is 11.7. The Morgan fingerprint density at radius 3 is 3.00 bits per heavy atom. The van der Waals surface area contributed by atoms with Gasteiger partial charge in [-0.2, -0.15) is 0 Å². The molecule has 1 aliphatic rings. The average Bonchev–Trinajstić information content (AvgIpc) is 2.70. The van der Waals surface area contributed by atoms with E-state index in [1.807, 2.05) is 0 Å². The molecule has 104 valence electrons. The van der Waals surface area contributed by atoms with Gasteiger partial charge in [-0.15, -0.1) is 0 Å². The van der Waals surface area contributed by atoms with E-state index in [1.165, 1.54) is 0 Å². The van der Waals surface area contributed by atoms with Gasteiger partial charge in [-0.1, -0.05) is 5.16 Å². The lowest BCUT2D eigenvalue weighted by atomic mass is 10.1. The number of nitrogens with one attached hydrogen (secondary N) is 1. The Balaban J connectivity index is 1.96. The van der Waals surface area contributed by atoms with Crippen molar-refractivity contribution in [1.29, 1.82) is 0 Å². The van der Waals surface area contributed by atoms with Crippen molar-refractivity contribution >= 4 is 23.4 Å². The number of piperazine rings is 1. The van der Waals surface area contributed by atoms with Crippen molar-refractivity contribution in [2.45, 2.75) is 32.7 Å². The highest BCUT2D eigenvalue weighted by atomic mass is 35.5. The van der Waals surface area contributed by atoms with Crippen LogP contribution in [0, 0.1) is 6.92 Å². The number of hydrogen-bond donors (Lipinski definition) is 1. The highest BCUT2D eigenvalue weighted by Crippen LogP contribution is 2.21. The molecule has 0 spiro atoms. The zero-order chi connectivity index (χ0) is 14.0. The monoisotopic (exact) mass is 285 g/mol. The molecule has 0 aliphatic carbocycles. The van der Waals surface area contributed by atoms with E-state index in [-0.39, 0.29) is 17.0 Å². The number of aryl methyl sites for hydroxylation is 1. The molecule has 1 N–H and O–H groups in total. The van der Waals surface area contributed by atoms with Gasteiger partial charge in [-0.05, 0) is 31.9 Å². The number of rotatable bonds is 3. The number of aromatic nitrogens is 1. The molecule has 2 rings (SSSR count). The fraction of sp³-hybridized carbons (Fsp3) is 0.583. The second kappa shape index (κ2) is 5.61. The minimum Gasteiger partial charge on any atom is -0.353 e. The Bertz CT molecular complexity index is 481. The van der Waals surface area contributed by atoms with E-state index in [4.69, 9.17) is 16.1 Å². The van der Waals surface area contributed by atoms with Gasteiger partial charge in [0.15, 0.2) is 0 Å². The van der Waals surface area contributed by atoms with Crippen LogP contribution in [-0.4, -0.2) is 41.0 Å². The minimum absolute atomic E-state index is 0.0565. The first-order chi connectivity index (χ1) is 9.00. The molecule has 2 heterocycles. The third-order valence-electron chi connectivity index (χ3n) is 3.34. The Labute approximate surface area is 116 Å². The smallest absolute Gasteiger partial charge is 0.242 e. The molecule has 0 aromatic carbocycles. The number of carbonyl (C=O) groups is 2. The quantitative estimate of drug-likeness (QED) is 0.896. The van der Waals surface area contributed by atoms with Crippen LogP contribution in [0.2, 0.25) is 5.22 Å². The average molecular weight is 286 g/mol. The molecular weight excluding hydrogens is 270 g/mol. The van der Waals surface area contributed by atoms with E-state index < -0.39 is 6.04 Å². The number of nitrogens with zero attached hydrogens (tertiary/aromatic N) is 2. The van der Waals surface area contributed by atoms with Crippen molar-refractivity contribution in [3.05, 3.63) is 16.5 Å². The minimum atomic E-state index is -0.416. The SMILES string of the molecule is Cc1noc(Cl)c1CCC(=O)N1CCNC(=O)C1C. The lowest BCUT2D eigenvalue weighted by molar-refractivity contribution is -0.142. The molecule has 1 aromatic rings. The highest BCUT2D eigenvalue weighted by molar-refractivity contribution is 6.29. The van der Waals surface area contributed by atoms with E-state index in [2.05, 4.69) is 10.5 Å². The standard InChI is InChI=1S/C12H16ClN3O3/c1-7-9(11(13)19-15-7)3-4-10(17)16-6-5-14-12(18)8(16)2/h8H,3-6H2,1-2H3,(H,14,18). The molecule has 7 heteroatoms. The van der Waals surface area contributed by atoms with Gasteiger partial charge in [0.2, 0.25) is 17.0 Å². The Morgan fingerprint density at radius 2 is 2.37 bits per heavy atom. The summed E-state index contributed by atoms with van der Waals surface area (Å²) in [5, 5.41) is 6.69. The maximum Gasteiger partial charge on any atom is 0.242 e. The highest BCUT2D eigenvalue weighted by Gasteiger charge is 2.29. The molecule has 0 bridgehead atoms. The summed E-state index contributed by atoms with van der Waals surface area (Å²) in [5.41, 5.74) is 1.45. The van der Waals surface area contributed by atoms with Crippen molar-refractivity contribution in [2.75, 3.05) is 13.1 Å². The predicted molar refractivity (Wildman–Crippen MR) is 68.8 cm³/mol. The van der Waals surface area contributed by atoms with E-state index in [1.54, 1.807) is 18.7 Å². The van der Waals surface area contributed by atoms with E-state index >= 15 is 0 Å². The number of carbonyl (C=O) groups excluding carboxylic acids is 2. The van der Waals surface area contributed by atoms with Crippen molar-refractivity contribution in [2.24, 2.45) is 0 Å². The van der Waals surface area contributed by atoms with Gasteiger partial charge in [0.25, 0.3) is 0 Å². The molecule has 6 nitrogen and oxygen atoms in total. The topological polar surface area (TPSA) is 75.4 Å². The summed E-state index contributed by atoms with van der Waals surface area (Å²) in [6.45, 7) is 4.56. The Morgan fingerprint density at radius 1 is 1.63 bits per heavy atom. The fourth-order valence-electron chi connectivity index (χ4n) is 2.14. The second-order valence-electron chi connectivity index (χ2n) is 4.57. The molecular formula is C12H16ClN3O3. The maximum atomic E-state index is 12.1. The number of halogens is 1. The van der Waals surface area contributed by atoms with Crippen molar-refractivity contribution in [3.63, 3.8) is 0 Å². The van der Waals surface area contributed by atoms with Crippen LogP contribution >= 0.6 is 11.6 Å². The van der Waals surface area contributed by atoms with Crippen LogP contribution in [0.3, 0.4) is 0 Å². The molecule has 1 aliphatic heterocycles. The first-order valence-electron chi connectivity index (χ1n) is 6.18. The van der Waals surface area contributed by atoms with Crippen LogP contribution in [0.1, 0.15) is 24.6 Å². The lowest BCUT2D eigenvalue weighted by Crippen LogP contribution is -2.55. The second-order valence-corrected chi connectivity index (χ2v) is 4.92. The summed E-state index contributed by atoms with van der Waals surface area (Å²) < 4.78 is 4.84. The van der Waals surface area contributed by atoms with Crippen LogP contribution in [0.25, 0.3) is 0 Å². The van der Waals surface area contributed by atoms with E-state index in [0.29, 0.717) is 31.6 Å². The van der Waals surface area contributed by atoms with Crippen LogP contribution in [-0.2, 0) is 16.0 Å². The summed E-state index contributed by atoms with van der Waals surface area (Å²) in [4.78, 5) is 25.2. The molecule has 1 unspecified atom stereocenters. The predicted octanol–water partition coefficient (Wildman–Crippen LogP) is 0.916. The summed E-state index contributed by atoms with van der Waals surface area (Å²) in [6, 6.07) is -0.416. The van der Waals surface area contributed by atoms with Gasteiger partial charge in [-0.25, -0.2) is 0 Å². The largest absolute Gasteiger partial charge is 0.353 e. The third-order valence-corrected chi connectivity index (χ3v) is 3.64. The van der Waals surface area contributed by atoms with Crippen LogP contribution in [0.15, 0.2) is 4.52 Å². The lowest BCUT2D eigenvalue weighted by Gasteiger charge is -2.32. The Kier molecular flexibility index (Phi) is 4.09. The molecule has 0 saturated carbocycles. The van der Waals surface area contributed by atoms with Gasteiger partial charge in [0.1, 0.15) is 6.04 Å². The number of hydrogen-bond acceptors (Lipinski definition) is 4. The van der Waals surface area contributed by atoms with Crippen molar-refractivity contribution < 1.29 is 14.1 Å². The maximum absolute atomic E-state index is 12.1. The first-order valence-corrected chi connectivity index (χ1v) is 6.56. The molecule has 1 fully saturated rings.